The van der Waals surface area contributed by atoms with Crippen molar-refractivity contribution in [3.63, 3.8) is 0 Å². The van der Waals surface area contributed by atoms with Crippen LogP contribution in [0.15, 0.2) is 30.3 Å². The van der Waals surface area contributed by atoms with Crippen LogP contribution in [0.5, 0.6) is 5.75 Å². The SMILES string of the molecule is CCC(CC)(CN)C(=O)N1CCC(COc2ccccc2)CC1.Cl. The molecule has 1 aromatic carbocycles. The summed E-state index contributed by atoms with van der Waals surface area (Å²) in [6, 6.07) is 9.92. The average Bonchev–Trinajstić information content (AvgIpc) is 2.63. The second-order valence-corrected chi connectivity index (χ2v) is 6.55. The molecule has 0 unspecified atom stereocenters. The summed E-state index contributed by atoms with van der Waals surface area (Å²) in [5.41, 5.74) is 5.54. The molecule has 0 spiro atoms. The van der Waals surface area contributed by atoms with Crippen molar-refractivity contribution in [3.05, 3.63) is 30.3 Å². The third-order valence-electron chi connectivity index (χ3n) is 5.33. The van der Waals surface area contributed by atoms with Gasteiger partial charge >= 0.3 is 0 Å². The molecule has 24 heavy (non-hydrogen) atoms. The molecule has 2 rings (SSSR count). The molecule has 1 amide bonds. The number of benzene rings is 1. The first-order chi connectivity index (χ1) is 11.1. The number of likely N-dealkylation sites (tertiary alicyclic amines) is 1. The zero-order valence-corrected chi connectivity index (χ0v) is 15.7. The van der Waals surface area contributed by atoms with Gasteiger partial charge in [-0.1, -0.05) is 32.0 Å². The molecule has 1 aromatic rings. The molecule has 1 aliphatic rings. The van der Waals surface area contributed by atoms with Gasteiger partial charge in [-0.25, -0.2) is 0 Å². The number of nitrogens with zero attached hydrogens (tertiary/aromatic N) is 1. The summed E-state index contributed by atoms with van der Waals surface area (Å²) in [6.07, 6.45) is 3.64. The van der Waals surface area contributed by atoms with Crippen molar-refractivity contribution in [3.8, 4) is 5.75 Å². The number of carbonyl (C=O) groups excluding carboxylic acids is 1. The predicted octanol–water partition coefficient (Wildman–Crippen LogP) is 3.49. The third-order valence-corrected chi connectivity index (χ3v) is 5.33. The van der Waals surface area contributed by atoms with Crippen LogP contribution < -0.4 is 10.5 Å². The Morgan fingerprint density at radius 1 is 1.21 bits per heavy atom. The van der Waals surface area contributed by atoms with Gasteiger partial charge in [-0.3, -0.25) is 4.79 Å². The van der Waals surface area contributed by atoms with Crippen LogP contribution in [0, 0.1) is 11.3 Å². The maximum absolute atomic E-state index is 12.8. The molecule has 4 nitrogen and oxygen atoms in total. The molecule has 2 N–H and O–H groups in total. The summed E-state index contributed by atoms with van der Waals surface area (Å²) in [6.45, 7) is 6.95. The number of nitrogens with two attached hydrogens (primary N) is 1. The van der Waals surface area contributed by atoms with Crippen LogP contribution in [0.3, 0.4) is 0 Å². The van der Waals surface area contributed by atoms with Crippen molar-refractivity contribution >= 4 is 18.3 Å². The van der Waals surface area contributed by atoms with Crippen LogP contribution >= 0.6 is 12.4 Å². The fourth-order valence-electron chi connectivity index (χ4n) is 3.30. The minimum Gasteiger partial charge on any atom is -0.493 e. The van der Waals surface area contributed by atoms with Gasteiger partial charge < -0.3 is 15.4 Å². The monoisotopic (exact) mass is 354 g/mol. The van der Waals surface area contributed by atoms with Gasteiger partial charge in [0.25, 0.3) is 0 Å². The van der Waals surface area contributed by atoms with Crippen LogP contribution in [0.1, 0.15) is 39.5 Å². The third kappa shape index (κ3) is 4.87. The van der Waals surface area contributed by atoms with Crippen LogP contribution in [-0.4, -0.2) is 37.0 Å². The molecular weight excluding hydrogens is 324 g/mol. The topological polar surface area (TPSA) is 55.6 Å². The fourth-order valence-corrected chi connectivity index (χ4v) is 3.30. The molecule has 1 heterocycles. The first kappa shape index (κ1) is 20.8. The maximum atomic E-state index is 12.8. The van der Waals surface area contributed by atoms with Crippen molar-refractivity contribution in [2.45, 2.75) is 39.5 Å². The summed E-state index contributed by atoms with van der Waals surface area (Å²) in [4.78, 5) is 14.8. The number of halogens is 1. The molecule has 0 bridgehead atoms. The highest BCUT2D eigenvalue weighted by Gasteiger charge is 2.38. The van der Waals surface area contributed by atoms with E-state index < -0.39 is 0 Å². The second-order valence-electron chi connectivity index (χ2n) is 6.55. The van der Waals surface area contributed by atoms with E-state index in [0.29, 0.717) is 12.5 Å². The van der Waals surface area contributed by atoms with E-state index in [0.717, 1.165) is 51.1 Å². The van der Waals surface area contributed by atoms with Gasteiger partial charge in [-0.05, 0) is 43.7 Å². The lowest BCUT2D eigenvalue weighted by atomic mass is 9.80. The van der Waals surface area contributed by atoms with Crippen LogP contribution in [0.4, 0.5) is 0 Å². The summed E-state index contributed by atoms with van der Waals surface area (Å²) in [5, 5.41) is 0. The van der Waals surface area contributed by atoms with E-state index in [4.69, 9.17) is 10.5 Å². The molecule has 1 aliphatic heterocycles. The molecule has 136 valence electrons. The van der Waals surface area contributed by atoms with Crippen molar-refractivity contribution < 1.29 is 9.53 Å². The van der Waals surface area contributed by atoms with Gasteiger partial charge in [-0.2, -0.15) is 0 Å². The largest absolute Gasteiger partial charge is 0.493 e. The number of carbonyl (C=O) groups is 1. The van der Waals surface area contributed by atoms with Crippen LogP contribution in [0.25, 0.3) is 0 Å². The Hall–Kier alpha value is -1.26. The lowest BCUT2D eigenvalue weighted by Gasteiger charge is -2.39. The van der Waals surface area contributed by atoms with Crippen molar-refractivity contribution in [2.24, 2.45) is 17.1 Å². The Labute approximate surface area is 152 Å². The highest BCUT2D eigenvalue weighted by atomic mass is 35.5. The summed E-state index contributed by atoms with van der Waals surface area (Å²) in [5.74, 6) is 1.69. The normalized spacial score (nSPS) is 15.7. The van der Waals surface area contributed by atoms with E-state index >= 15 is 0 Å². The zero-order valence-electron chi connectivity index (χ0n) is 14.9. The number of piperidine rings is 1. The molecular formula is C19H31ClN2O2. The Bertz CT molecular complexity index is 475. The predicted molar refractivity (Wildman–Crippen MR) is 101 cm³/mol. The lowest BCUT2D eigenvalue weighted by molar-refractivity contribution is -0.143. The molecule has 0 saturated carbocycles. The van der Waals surface area contributed by atoms with E-state index in [1.54, 1.807) is 0 Å². The molecule has 0 radical (unpaired) electrons. The Kier molecular flexibility index (Phi) is 8.57. The quantitative estimate of drug-likeness (QED) is 0.815. The molecule has 0 aliphatic carbocycles. The number of ether oxygens (including phenoxy) is 1. The first-order valence-corrected chi connectivity index (χ1v) is 8.82. The summed E-state index contributed by atoms with van der Waals surface area (Å²) >= 11 is 0. The van der Waals surface area contributed by atoms with E-state index in [1.807, 2.05) is 35.2 Å². The van der Waals surface area contributed by atoms with Gasteiger partial charge in [0, 0.05) is 19.6 Å². The number of amides is 1. The van der Waals surface area contributed by atoms with Crippen molar-refractivity contribution in [2.75, 3.05) is 26.2 Å². The highest BCUT2D eigenvalue weighted by Crippen LogP contribution is 2.30. The Morgan fingerprint density at radius 3 is 2.29 bits per heavy atom. The van der Waals surface area contributed by atoms with Gasteiger partial charge in [0.05, 0.1) is 12.0 Å². The molecule has 1 saturated heterocycles. The summed E-state index contributed by atoms with van der Waals surface area (Å²) in [7, 11) is 0. The van der Waals surface area contributed by atoms with E-state index in [2.05, 4.69) is 13.8 Å². The minimum atomic E-state index is -0.368. The maximum Gasteiger partial charge on any atom is 0.230 e. The Morgan fingerprint density at radius 2 is 1.79 bits per heavy atom. The van der Waals surface area contributed by atoms with E-state index in [1.165, 1.54) is 0 Å². The Balaban J connectivity index is 0.00000288. The lowest BCUT2D eigenvalue weighted by Crippen LogP contribution is -2.50. The second kappa shape index (κ2) is 9.90. The van der Waals surface area contributed by atoms with Crippen molar-refractivity contribution in [1.29, 1.82) is 0 Å². The molecule has 5 heteroatoms. The molecule has 0 atom stereocenters. The van der Waals surface area contributed by atoms with Crippen LogP contribution in [-0.2, 0) is 4.79 Å². The van der Waals surface area contributed by atoms with Gasteiger partial charge in [0.2, 0.25) is 5.91 Å². The highest BCUT2D eigenvalue weighted by molar-refractivity contribution is 5.85. The standard InChI is InChI=1S/C19H30N2O2.ClH/c1-3-19(4-2,15-20)18(22)21-12-10-16(11-13-21)14-23-17-8-6-5-7-9-17;/h5-9,16H,3-4,10-15,20H2,1-2H3;1H. The zero-order chi connectivity index (χ0) is 16.7. The number of rotatable bonds is 7. The first-order valence-electron chi connectivity index (χ1n) is 8.82. The van der Waals surface area contributed by atoms with Crippen LogP contribution in [0.2, 0.25) is 0 Å². The van der Waals surface area contributed by atoms with Crippen molar-refractivity contribution in [1.82, 2.24) is 4.90 Å². The van der Waals surface area contributed by atoms with Gasteiger partial charge in [-0.15, -0.1) is 12.4 Å². The van der Waals surface area contributed by atoms with E-state index in [-0.39, 0.29) is 23.7 Å². The van der Waals surface area contributed by atoms with E-state index in [9.17, 15) is 4.79 Å². The number of para-hydroxylation sites is 1. The van der Waals surface area contributed by atoms with Gasteiger partial charge in [0.1, 0.15) is 5.75 Å². The molecule has 1 fully saturated rings. The molecule has 0 aromatic heterocycles. The summed E-state index contributed by atoms with van der Waals surface area (Å²) < 4.78 is 5.85. The fraction of sp³-hybridized carbons (Fsp3) is 0.632. The number of hydrogen-bond acceptors (Lipinski definition) is 3. The average molecular weight is 355 g/mol. The number of hydrogen-bond donors (Lipinski definition) is 1. The minimum absolute atomic E-state index is 0. The smallest absolute Gasteiger partial charge is 0.230 e. The van der Waals surface area contributed by atoms with Gasteiger partial charge in [0.15, 0.2) is 0 Å².